The Hall–Kier alpha value is -3.27. The summed E-state index contributed by atoms with van der Waals surface area (Å²) in [6.07, 6.45) is 0.927. The number of aromatic nitrogens is 3. The van der Waals surface area contributed by atoms with Crippen LogP contribution in [0.15, 0.2) is 47.3 Å². The maximum absolute atomic E-state index is 11.6. The summed E-state index contributed by atoms with van der Waals surface area (Å²) in [5.41, 5.74) is 4.04. The lowest BCUT2D eigenvalue weighted by Crippen LogP contribution is -2.45. The molecule has 3 aromatic rings. The van der Waals surface area contributed by atoms with Gasteiger partial charge in [0.25, 0.3) is 0 Å². The van der Waals surface area contributed by atoms with Crippen LogP contribution in [0.3, 0.4) is 0 Å². The van der Waals surface area contributed by atoms with Crippen molar-refractivity contribution in [2.75, 3.05) is 56.8 Å². The van der Waals surface area contributed by atoms with Crippen LogP contribution in [-0.2, 0) is 22.4 Å². The number of nitrogens with one attached hydrogen (secondary N) is 2. The fourth-order valence-electron chi connectivity index (χ4n) is 4.66. The molecular formula is C26H32N6O3. The van der Waals surface area contributed by atoms with Gasteiger partial charge in [0.05, 0.1) is 31.6 Å². The molecule has 2 aliphatic rings. The van der Waals surface area contributed by atoms with E-state index in [-0.39, 0.29) is 11.6 Å². The summed E-state index contributed by atoms with van der Waals surface area (Å²) in [6.45, 7) is 7.80. The molecule has 1 saturated heterocycles. The van der Waals surface area contributed by atoms with Crippen LogP contribution < -0.4 is 15.8 Å². The van der Waals surface area contributed by atoms with Crippen molar-refractivity contribution in [2.45, 2.75) is 25.9 Å². The molecule has 9 nitrogen and oxygen atoms in total. The van der Waals surface area contributed by atoms with Crippen LogP contribution in [0.5, 0.6) is 0 Å². The molecule has 184 valence electrons. The zero-order chi connectivity index (χ0) is 24.2. The lowest BCUT2D eigenvalue weighted by Gasteiger charge is -2.37. The fraction of sp³-hybridized carbons (Fsp3) is 0.423. The maximum Gasteiger partial charge on any atom is 0.249 e. The predicted octanol–water partition coefficient (Wildman–Crippen LogP) is 2.81. The summed E-state index contributed by atoms with van der Waals surface area (Å²) in [6, 6.07) is 13.3. The molecule has 1 aromatic carbocycles. The van der Waals surface area contributed by atoms with Gasteiger partial charge >= 0.3 is 0 Å². The number of morpholine rings is 1. The zero-order valence-electron chi connectivity index (χ0n) is 20.3. The van der Waals surface area contributed by atoms with E-state index in [1.807, 2.05) is 30.3 Å². The topological polar surface area (TPSA) is 95.6 Å². The van der Waals surface area contributed by atoms with E-state index in [0.29, 0.717) is 25.6 Å². The van der Waals surface area contributed by atoms with Crippen molar-refractivity contribution in [3.8, 4) is 11.4 Å². The minimum absolute atomic E-state index is 0.140. The van der Waals surface area contributed by atoms with Gasteiger partial charge < -0.3 is 24.7 Å². The van der Waals surface area contributed by atoms with E-state index >= 15 is 0 Å². The first-order chi connectivity index (χ1) is 17.1. The van der Waals surface area contributed by atoms with Crippen LogP contribution in [0.2, 0.25) is 0 Å². The second-order valence-electron chi connectivity index (χ2n) is 9.06. The lowest BCUT2D eigenvalue weighted by molar-refractivity contribution is 0.0982. The molecule has 4 heterocycles. The number of methoxy groups -OCH3 is 1. The van der Waals surface area contributed by atoms with Crippen LogP contribution in [0, 0.1) is 0 Å². The van der Waals surface area contributed by atoms with Crippen molar-refractivity contribution < 1.29 is 9.47 Å². The van der Waals surface area contributed by atoms with Gasteiger partial charge in [0.15, 0.2) is 5.82 Å². The number of hydrogen-bond donors (Lipinski definition) is 2. The standard InChI is InChI=1S/C26H32N6O3/c1-18-17-35-15-13-32(18)26-21-10-11-31(12-14-34-2)16-22(21)28-25(30-26)19-6-8-20(9-7-19)27-23-4-3-5-24(33)29-23/h3-9,18H,10-17H2,1-2H3,(H2,27,29,33). The van der Waals surface area contributed by atoms with Crippen molar-refractivity contribution >= 4 is 17.3 Å². The smallest absolute Gasteiger partial charge is 0.249 e. The number of H-pyrrole nitrogens is 1. The summed E-state index contributed by atoms with van der Waals surface area (Å²) in [5.74, 6) is 2.41. The maximum atomic E-state index is 11.6. The highest BCUT2D eigenvalue weighted by Crippen LogP contribution is 2.31. The molecule has 0 spiro atoms. The number of rotatable bonds is 7. The summed E-state index contributed by atoms with van der Waals surface area (Å²) in [4.78, 5) is 29.2. The Morgan fingerprint density at radius 3 is 2.80 bits per heavy atom. The quantitative estimate of drug-likeness (QED) is 0.538. The molecule has 1 unspecified atom stereocenters. The van der Waals surface area contributed by atoms with Crippen LogP contribution >= 0.6 is 0 Å². The highest BCUT2D eigenvalue weighted by molar-refractivity contribution is 5.65. The molecule has 1 fully saturated rings. The minimum Gasteiger partial charge on any atom is -0.383 e. The number of nitrogens with zero attached hydrogens (tertiary/aromatic N) is 4. The Balaban J connectivity index is 1.46. The van der Waals surface area contributed by atoms with Crippen LogP contribution in [0.25, 0.3) is 11.4 Å². The molecule has 0 aliphatic carbocycles. The number of aromatic amines is 1. The van der Waals surface area contributed by atoms with E-state index in [0.717, 1.165) is 61.2 Å². The number of hydrogen-bond acceptors (Lipinski definition) is 8. The third-order valence-electron chi connectivity index (χ3n) is 6.56. The average molecular weight is 477 g/mol. The first-order valence-corrected chi connectivity index (χ1v) is 12.1. The minimum atomic E-state index is -0.140. The first kappa shape index (κ1) is 23.5. The van der Waals surface area contributed by atoms with E-state index in [9.17, 15) is 4.79 Å². The van der Waals surface area contributed by atoms with Gasteiger partial charge in [-0.05, 0) is 43.7 Å². The van der Waals surface area contributed by atoms with Gasteiger partial charge in [-0.25, -0.2) is 9.97 Å². The normalized spacial score (nSPS) is 18.3. The predicted molar refractivity (Wildman–Crippen MR) is 136 cm³/mol. The second kappa shape index (κ2) is 10.6. The largest absolute Gasteiger partial charge is 0.383 e. The summed E-state index contributed by atoms with van der Waals surface area (Å²) in [5, 5.41) is 3.23. The Labute approximate surface area is 205 Å². The van der Waals surface area contributed by atoms with Crippen molar-refractivity contribution in [3.05, 3.63) is 64.1 Å². The Kier molecular flexibility index (Phi) is 7.08. The summed E-state index contributed by atoms with van der Waals surface area (Å²) < 4.78 is 11.0. The SMILES string of the molecule is COCCN1CCc2c(nc(-c3ccc(Nc4cccc(=O)[nH]4)cc3)nc2N2CCOCC2C)C1. The molecular weight excluding hydrogens is 444 g/mol. The highest BCUT2D eigenvalue weighted by Gasteiger charge is 2.28. The van der Waals surface area contributed by atoms with Crippen molar-refractivity contribution in [1.82, 2.24) is 19.9 Å². The second-order valence-corrected chi connectivity index (χ2v) is 9.06. The first-order valence-electron chi connectivity index (χ1n) is 12.1. The average Bonchev–Trinajstić information content (AvgIpc) is 2.87. The molecule has 1 atom stereocenters. The molecule has 0 radical (unpaired) electrons. The highest BCUT2D eigenvalue weighted by atomic mass is 16.5. The molecule has 0 amide bonds. The van der Waals surface area contributed by atoms with Crippen molar-refractivity contribution in [3.63, 3.8) is 0 Å². The van der Waals surface area contributed by atoms with Crippen molar-refractivity contribution in [1.29, 1.82) is 0 Å². The van der Waals surface area contributed by atoms with Crippen LogP contribution in [0.1, 0.15) is 18.2 Å². The number of anilines is 3. The van der Waals surface area contributed by atoms with Gasteiger partial charge in [-0.15, -0.1) is 0 Å². The van der Waals surface area contributed by atoms with Gasteiger partial charge in [-0.1, -0.05) is 6.07 Å². The van der Waals surface area contributed by atoms with Crippen LogP contribution in [0.4, 0.5) is 17.3 Å². The van der Waals surface area contributed by atoms with E-state index in [1.54, 1.807) is 13.2 Å². The lowest BCUT2D eigenvalue weighted by atomic mass is 10.0. The van der Waals surface area contributed by atoms with Gasteiger partial charge in [-0.3, -0.25) is 9.69 Å². The molecule has 2 aromatic heterocycles. The van der Waals surface area contributed by atoms with Gasteiger partial charge in [-0.2, -0.15) is 0 Å². The molecule has 9 heteroatoms. The third kappa shape index (κ3) is 5.37. The molecule has 2 aliphatic heterocycles. The Bertz CT molecular complexity index is 1210. The summed E-state index contributed by atoms with van der Waals surface area (Å²) in [7, 11) is 1.74. The molecule has 0 saturated carbocycles. The zero-order valence-corrected chi connectivity index (χ0v) is 20.3. The van der Waals surface area contributed by atoms with Gasteiger partial charge in [0.1, 0.15) is 11.6 Å². The van der Waals surface area contributed by atoms with E-state index in [1.165, 1.54) is 11.6 Å². The number of benzene rings is 1. The van der Waals surface area contributed by atoms with Gasteiger partial charge in [0, 0.05) is 56.2 Å². The van der Waals surface area contributed by atoms with E-state index in [4.69, 9.17) is 19.4 Å². The molecule has 2 N–H and O–H groups in total. The van der Waals surface area contributed by atoms with Crippen LogP contribution in [-0.4, -0.2) is 72.5 Å². The molecule has 35 heavy (non-hydrogen) atoms. The number of fused-ring (bicyclic) bond motifs is 1. The van der Waals surface area contributed by atoms with E-state index < -0.39 is 0 Å². The van der Waals surface area contributed by atoms with Crippen molar-refractivity contribution in [2.24, 2.45) is 0 Å². The monoisotopic (exact) mass is 476 g/mol. The number of ether oxygens (including phenoxy) is 2. The Morgan fingerprint density at radius 1 is 1.17 bits per heavy atom. The Morgan fingerprint density at radius 2 is 2.03 bits per heavy atom. The summed E-state index contributed by atoms with van der Waals surface area (Å²) >= 11 is 0. The molecule has 5 rings (SSSR count). The van der Waals surface area contributed by atoms with Gasteiger partial charge in [0.2, 0.25) is 5.56 Å². The van der Waals surface area contributed by atoms with E-state index in [2.05, 4.69) is 27.0 Å². The number of pyridine rings is 1. The fourth-order valence-corrected chi connectivity index (χ4v) is 4.66. The third-order valence-corrected chi connectivity index (χ3v) is 6.56. The molecule has 0 bridgehead atoms.